The molecule has 3 aromatic rings. The maximum absolute atomic E-state index is 10.8. The molecule has 0 bridgehead atoms. The molecule has 0 fully saturated rings. The number of carboxylic acids is 1. The number of fused-ring (bicyclic) bond motifs is 2. The predicted molar refractivity (Wildman–Crippen MR) is 129 cm³/mol. The quantitative estimate of drug-likeness (QED) is 0.464. The highest BCUT2D eigenvalue weighted by Crippen LogP contribution is 2.46. The van der Waals surface area contributed by atoms with Gasteiger partial charge in [0.25, 0.3) is 0 Å². The van der Waals surface area contributed by atoms with Gasteiger partial charge in [0, 0.05) is 18.7 Å². The topological polar surface area (TPSA) is 49.3 Å². The Hall–Kier alpha value is -2.81. The molecule has 0 spiro atoms. The van der Waals surface area contributed by atoms with Crippen LogP contribution < -0.4 is 5.32 Å². The van der Waals surface area contributed by atoms with Crippen molar-refractivity contribution in [3.05, 3.63) is 76.9 Å². The number of carboxylic acid groups (broad SMARTS) is 1. The van der Waals surface area contributed by atoms with Gasteiger partial charge in [-0.15, -0.1) is 0 Å². The molecular formula is C28H33NO2. The van der Waals surface area contributed by atoms with Crippen molar-refractivity contribution >= 4 is 22.4 Å². The average molecular weight is 416 g/mol. The van der Waals surface area contributed by atoms with Gasteiger partial charge >= 0.3 is 5.97 Å². The molecule has 3 nitrogen and oxygen atoms in total. The van der Waals surface area contributed by atoms with Gasteiger partial charge in [0.2, 0.25) is 0 Å². The van der Waals surface area contributed by atoms with E-state index in [1.165, 1.54) is 40.6 Å². The van der Waals surface area contributed by atoms with E-state index in [4.69, 9.17) is 5.11 Å². The largest absolute Gasteiger partial charge is 0.481 e. The molecule has 0 unspecified atom stereocenters. The second-order valence-electron chi connectivity index (χ2n) is 10.3. The van der Waals surface area contributed by atoms with E-state index in [-0.39, 0.29) is 17.3 Å². The number of aliphatic carboxylic acids is 1. The first kappa shape index (κ1) is 21.4. The third-order valence-electron chi connectivity index (χ3n) is 6.95. The summed E-state index contributed by atoms with van der Waals surface area (Å²) in [6.45, 7) is 10.2. The minimum atomic E-state index is -0.754. The van der Waals surface area contributed by atoms with Crippen LogP contribution in [-0.4, -0.2) is 11.1 Å². The lowest BCUT2D eigenvalue weighted by atomic mass is 9.63. The molecule has 0 amide bonds. The molecule has 0 aliphatic heterocycles. The molecule has 0 aromatic heterocycles. The van der Waals surface area contributed by atoms with Gasteiger partial charge in [-0.3, -0.25) is 4.79 Å². The van der Waals surface area contributed by atoms with Crippen LogP contribution >= 0.6 is 0 Å². The molecule has 1 aliphatic rings. The smallest absolute Gasteiger partial charge is 0.303 e. The minimum absolute atomic E-state index is 0.169. The minimum Gasteiger partial charge on any atom is -0.481 e. The summed E-state index contributed by atoms with van der Waals surface area (Å²) in [5, 5.41) is 14.9. The molecule has 0 radical (unpaired) electrons. The van der Waals surface area contributed by atoms with Crippen LogP contribution in [0.3, 0.4) is 0 Å². The van der Waals surface area contributed by atoms with Gasteiger partial charge in [-0.2, -0.15) is 0 Å². The first-order valence-corrected chi connectivity index (χ1v) is 11.3. The number of anilines is 1. The summed E-state index contributed by atoms with van der Waals surface area (Å²) in [7, 11) is 0. The Kier molecular flexibility index (Phi) is 5.55. The summed E-state index contributed by atoms with van der Waals surface area (Å²) >= 11 is 0. The van der Waals surface area contributed by atoms with E-state index in [0.29, 0.717) is 6.42 Å². The van der Waals surface area contributed by atoms with Gasteiger partial charge < -0.3 is 10.4 Å². The fraction of sp³-hybridized carbons (Fsp3) is 0.393. The summed E-state index contributed by atoms with van der Waals surface area (Å²) < 4.78 is 0. The van der Waals surface area contributed by atoms with E-state index >= 15 is 0 Å². The van der Waals surface area contributed by atoms with E-state index in [1.807, 2.05) is 6.07 Å². The molecule has 0 saturated carbocycles. The van der Waals surface area contributed by atoms with Crippen LogP contribution in [0.5, 0.6) is 0 Å². The van der Waals surface area contributed by atoms with E-state index in [9.17, 15) is 4.79 Å². The first-order valence-electron chi connectivity index (χ1n) is 11.3. The Labute approximate surface area is 185 Å². The zero-order valence-electron chi connectivity index (χ0n) is 19.1. The zero-order valence-corrected chi connectivity index (χ0v) is 19.1. The molecule has 3 aromatic carbocycles. The lowest BCUT2D eigenvalue weighted by Gasteiger charge is -2.42. The van der Waals surface area contributed by atoms with Crippen molar-refractivity contribution in [2.75, 3.05) is 5.32 Å². The van der Waals surface area contributed by atoms with E-state index in [2.05, 4.69) is 81.5 Å². The van der Waals surface area contributed by atoms with Crippen LogP contribution in [0.1, 0.15) is 69.2 Å². The number of hydrogen-bond donors (Lipinski definition) is 2. The molecule has 162 valence electrons. The molecule has 1 aliphatic carbocycles. The maximum atomic E-state index is 10.8. The Balaban J connectivity index is 1.50. The summed E-state index contributed by atoms with van der Waals surface area (Å²) in [5.41, 5.74) is 6.89. The highest BCUT2D eigenvalue weighted by atomic mass is 16.4. The van der Waals surface area contributed by atoms with Gasteiger partial charge in [0.15, 0.2) is 0 Å². The predicted octanol–water partition coefficient (Wildman–Crippen LogP) is 6.82. The van der Waals surface area contributed by atoms with E-state index in [1.54, 1.807) is 0 Å². The fourth-order valence-electron chi connectivity index (χ4n) is 4.76. The van der Waals surface area contributed by atoms with Crippen molar-refractivity contribution in [2.45, 2.75) is 70.8 Å². The Morgan fingerprint density at radius 2 is 1.45 bits per heavy atom. The number of benzene rings is 3. The number of aryl methyl sites for hydroxylation is 1. The molecule has 2 N–H and O–H groups in total. The van der Waals surface area contributed by atoms with Gasteiger partial charge in [0.05, 0.1) is 0 Å². The third kappa shape index (κ3) is 4.61. The van der Waals surface area contributed by atoms with Crippen molar-refractivity contribution in [3.8, 4) is 0 Å². The van der Waals surface area contributed by atoms with Crippen LogP contribution in [0.15, 0.2) is 54.6 Å². The van der Waals surface area contributed by atoms with Crippen LogP contribution in [0.2, 0.25) is 0 Å². The van der Waals surface area contributed by atoms with Gasteiger partial charge in [-0.1, -0.05) is 64.1 Å². The average Bonchev–Trinajstić information content (AvgIpc) is 2.74. The van der Waals surface area contributed by atoms with Gasteiger partial charge in [-0.05, 0) is 81.3 Å². The lowest BCUT2D eigenvalue weighted by Crippen LogP contribution is -2.33. The summed E-state index contributed by atoms with van der Waals surface area (Å²) in [4.78, 5) is 10.8. The molecule has 31 heavy (non-hydrogen) atoms. The number of nitrogens with one attached hydrogen (secondary N) is 1. The first-order chi connectivity index (χ1) is 14.6. The van der Waals surface area contributed by atoms with Gasteiger partial charge in [-0.25, -0.2) is 0 Å². The normalized spacial score (nSPS) is 16.6. The Morgan fingerprint density at radius 1 is 0.839 bits per heavy atom. The highest BCUT2D eigenvalue weighted by molar-refractivity contribution is 5.84. The Morgan fingerprint density at radius 3 is 2.13 bits per heavy atom. The van der Waals surface area contributed by atoms with Crippen LogP contribution in [-0.2, 0) is 28.6 Å². The van der Waals surface area contributed by atoms with E-state index < -0.39 is 5.97 Å². The van der Waals surface area contributed by atoms with Crippen LogP contribution in [0, 0.1) is 0 Å². The van der Waals surface area contributed by atoms with Crippen molar-refractivity contribution in [1.29, 1.82) is 0 Å². The van der Waals surface area contributed by atoms with Crippen LogP contribution in [0.4, 0.5) is 5.69 Å². The maximum Gasteiger partial charge on any atom is 0.303 e. The van der Waals surface area contributed by atoms with Crippen molar-refractivity contribution in [1.82, 2.24) is 0 Å². The number of carbonyl (C=O) groups is 1. The van der Waals surface area contributed by atoms with Crippen molar-refractivity contribution in [3.63, 3.8) is 0 Å². The molecule has 0 atom stereocenters. The van der Waals surface area contributed by atoms with Gasteiger partial charge in [0.1, 0.15) is 0 Å². The highest BCUT2D eigenvalue weighted by Gasteiger charge is 2.36. The number of hydrogen-bond acceptors (Lipinski definition) is 2. The standard InChI is InChI=1S/C28H33NO2/c1-27(2)13-14-28(3,4)25-17-23(10-11-24(25)27)29-18-20-6-9-21-15-19(7-12-26(30)31)5-8-22(21)16-20/h5-6,8-11,15-17,29H,7,12-14,18H2,1-4H3,(H,30,31). The second kappa shape index (κ2) is 8.03. The molecule has 0 saturated heterocycles. The number of rotatable bonds is 6. The zero-order chi connectivity index (χ0) is 22.2. The lowest BCUT2D eigenvalue weighted by molar-refractivity contribution is -0.136. The summed E-state index contributed by atoms with van der Waals surface area (Å²) in [6.07, 6.45) is 3.19. The van der Waals surface area contributed by atoms with Crippen molar-refractivity contribution < 1.29 is 9.90 Å². The molecular weight excluding hydrogens is 382 g/mol. The molecule has 3 heteroatoms. The fourth-order valence-corrected chi connectivity index (χ4v) is 4.76. The summed E-state index contributed by atoms with van der Waals surface area (Å²) in [6, 6.07) is 19.6. The second-order valence-corrected chi connectivity index (χ2v) is 10.3. The Bertz CT molecular complexity index is 1130. The molecule has 0 heterocycles. The van der Waals surface area contributed by atoms with Crippen LogP contribution in [0.25, 0.3) is 10.8 Å². The molecule has 4 rings (SSSR count). The summed E-state index contributed by atoms with van der Waals surface area (Å²) in [5.74, 6) is -0.754. The van der Waals surface area contributed by atoms with Crippen molar-refractivity contribution in [2.24, 2.45) is 0 Å². The monoisotopic (exact) mass is 415 g/mol. The SMILES string of the molecule is CC1(C)CCC(C)(C)c2cc(NCc3ccc4cc(CCC(=O)O)ccc4c3)ccc21. The third-order valence-corrected chi connectivity index (χ3v) is 6.95. The van der Waals surface area contributed by atoms with E-state index in [0.717, 1.165) is 17.5 Å².